The number of para-hydroxylation sites is 2. The van der Waals surface area contributed by atoms with Crippen LogP contribution in [0.4, 0.5) is 0 Å². The molecule has 0 radical (unpaired) electrons. The van der Waals surface area contributed by atoms with E-state index in [1.54, 1.807) is 18.4 Å². The summed E-state index contributed by atoms with van der Waals surface area (Å²) in [6.07, 6.45) is 5.00. The Morgan fingerprint density at radius 2 is 1.94 bits per heavy atom. The Morgan fingerprint density at radius 1 is 1.15 bits per heavy atom. The lowest BCUT2D eigenvalue weighted by molar-refractivity contribution is 0.145. The van der Waals surface area contributed by atoms with Gasteiger partial charge in [-0.05, 0) is 70.0 Å². The summed E-state index contributed by atoms with van der Waals surface area (Å²) >= 11 is 0. The van der Waals surface area contributed by atoms with Crippen LogP contribution < -0.4 is 4.76 Å². The van der Waals surface area contributed by atoms with Crippen LogP contribution in [0.15, 0.2) is 42.6 Å². The number of imidazole rings is 1. The molecule has 8 nitrogen and oxygen atoms in total. The number of benzene rings is 1. The van der Waals surface area contributed by atoms with Gasteiger partial charge in [0.1, 0.15) is 5.52 Å². The van der Waals surface area contributed by atoms with Crippen molar-refractivity contribution in [1.29, 1.82) is 0 Å². The molecular weight excluding hydrogens is 415 g/mol. The maximum atomic E-state index is 10.2. The summed E-state index contributed by atoms with van der Waals surface area (Å²) in [6, 6.07) is 12.3. The van der Waals surface area contributed by atoms with E-state index in [1.807, 2.05) is 48.1 Å². The topological polar surface area (TPSA) is 86.9 Å². The molecule has 1 aromatic carbocycles. The number of nitrogens with zero attached hydrogens (tertiary/aromatic N) is 5. The molecule has 0 saturated carbocycles. The fraction of sp³-hybridized carbons (Fsp3) is 0.455. The van der Waals surface area contributed by atoms with Gasteiger partial charge in [-0.15, -0.1) is 0 Å². The van der Waals surface area contributed by atoms with E-state index in [0.29, 0.717) is 27.1 Å². The molecule has 0 aliphatic heterocycles. The number of aryl methyl sites for hydroxylation is 1. The van der Waals surface area contributed by atoms with Gasteiger partial charge in [-0.2, -0.15) is 4.73 Å². The van der Waals surface area contributed by atoms with Crippen LogP contribution in [0.2, 0.25) is 20.5 Å². The third-order valence-corrected chi connectivity index (χ3v) is 6.40. The van der Waals surface area contributed by atoms with Gasteiger partial charge in [-0.25, -0.2) is 4.98 Å². The van der Waals surface area contributed by atoms with E-state index >= 15 is 0 Å². The van der Waals surface area contributed by atoms with Crippen LogP contribution in [-0.2, 0) is 13.0 Å². The van der Waals surface area contributed by atoms with Gasteiger partial charge in [-0.1, -0.05) is 18.2 Å². The molecule has 1 aliphatic carbocycles. The van der Waals surface area contributed by atoms with Gasteiger partial charge in [0.15, 0.2) is 5.82 Å². The van der Waals surface area contributed by atoms with Crippen LogP contribution in [-0.4, -0.2) is 69.0 Å². The van der Waals surface area contributed by atoms with Crippen LogP contribution in [0.5, 0.6) is 0 Å². The van der Waals surface area contributed by atoms with Crippen molar-refractivity contribution >= 4 is 32.6 Å². The van der Waals surface area contributed by atoms with Crippen LogP contribution in [0.3, 0.4) is 0 Å². The second-order valence-electron chi connectivity index (χ2n) is 8.66. The van der Waals surface area contributed by atoms with Gasteiger partial charge in [0.05, 0.1) is 23.8 Å². The number of aromatic nitrogens is 3. The largest absolute Gasteiger partial charge is 0.488 e. The smallest absolute Gasteiger partial charge is 0.372 e. The number of pyridine rings is 1. The Morgan fingerprint density at radius 3 is 2.70 bits per heavy atom. The molecule has 11 heteroatoms. The summed E-state index contributed by atoms with van der Waals surface area (Å²) in [6.45, 7) is 7.07. The predicted molar refractivity (Wildman–Crippen MR) is 134 cm³/mol. The number of fused-ring (bicyclic) bond motifs is 2. The molecule has 1 atom stereocenters. The summed E-state index contributed by atoms with van der Waals surface area (Å²) in [5.74, 6) is 0.835. The first-order chi connectivity index (χ1) is 16.0. The SMILES string of the molecule is CBOn1c(CN(CCN(B(C)O)B(C)O)C2CCCc3cccnc32)nc2ccccc21. The van der Waals surface area contributed by atoms with Crippen molar-refractivity contribution in [2.24, 2.45) is 0 Å². The first-order valence-electron chi connectivity index (χ1n) is 11.9. The van der Waals surface area contributed by atoms with Crippen LogP contribution >= 0.6 is 0 Å². The van der Waals surface area contributed by atoms with Crippen molar-refractivity contribution in [3.05, 3.63) is 59.7 Å². The molecule has 33 heavy (non-hydrogen) atoms. The Labute approximate surface area is 197 Å². The third-order valence-electron chi connectivity index (χ3n) is 6.40. The van der Waals surface area contributed by atoms with Crippen LogP contribution in [0.25, 0.3) is 11.0 Å². The molecule has 0 fully saturated rings. The Kier molecular flexibility index (Phi) is 7.75. The molecule has 0 spiro atoms. The highest BCUT2D eigenvalue weighted by Gasteiger charge is 2.31. The predicted octanol–water partition coefficient (Wildman–Crippen LogP) is 1.66. The summed E-state index contributed by atoms with van der Waals surface area (Å²) in [7, 11) is -0.938. The van der Waals surface area contributed by atoms with Crippen molar-refractivity contribution < 1.29 is 14.8 Å². The molecule has 2 heterocycles. The minimum Gasteiger partial charge on any atom is -0.488 e. The minimum absolute atomic E-state index is 0.134. The average Bonchev–Trinajstić information content (AvgIpc) is 3.15. The fourth-order valence-corrected chi connectivity index (χ4v) is 4.82. The quantitative estimate of drug-likeness (QED) is 0.458. The van der Waals surface area contributed by atoms with Crippen LogP contribution in [0, 0.1) is 0 Å². The second-order valence-corrected chi connectivity index (χ2v) is 8.66. The van der Waals surface area contributed by atoms with Gasteiger partial charge >= 0.3 is 21.6 Å². The summed E-state index contributed by atoms with van der Waals surface area (Å²) in [5.41, 5.74) is 4.26. The highest BCUT2D eigenvalue weighted by Crippen LogP contribution is 2.34. The monoisotopic (exact) mass is 447 g/mol. The summed E-state index contributed by atoms with van der Waals surface area (Å²) < 4.78 is 9.49. The molecule has 2 aromatic heterocycles. The first-order valence-corrected chi connectivity index (χ1v) is 11.9. The van der Waals surface area contributed by atoms with Gasteiger partial charge in [0, 0.05) is 12.7 Å². The van der Waals surface area contributed by atoms with E-state index < -0.39 is 14.1 Å². The highest BCUT2D eigenvalue weighted by atomic mass is 16.6. The van der Waals surface area contributed by atoms with E-state index in [-0.39, 0.29) is 6.04 Å². The minimum atomic E-state index is -0.739. The third kappa shape index (κ3) is 5.27. The zero-order chi connectivity index (χ0) is 23.4. The lowest BCUT2D eigenvalue weighted by atomic mass is 9.69. The number of rotatable bonds is 10. The van der Waals surface area contributed by atoms with Crippen molar-refractivity contribution in [2.75, 3.05) is 13.1 Å². The lowest BCUT2D eigenvalue weighted by Crippen LogP contribution is -2.50. The van der Waals surface area contributed by atoms with E-state index in [4.69, 9.17) is 14.7 Å². The Hall–Kier alpha value is -2.33. The molecular formula is C22H32B3N5O3. The molecule has 0 saturated heterocycles. The van der Waals surface area contributed by atoms with Crippen LogP contribution in [0.1, 0.15) is 36.0 Å². The van der Waals surface area contributed by atoms with Crippen molar-refractivity contribution in [3.63, 3.8) is 0 Å². The van der Waals surface area contributed by atoms with Gasteiger partial charge < -0.3 is 19.5 Å². The molecule has 1 unspecified atom stereocenters. The zero-order valence-corrected chi connectivity index (χ0v) is 19.8. The van der Waals surface area contributed by atoms with Crippen molar-refractivity contribution in [3.8, 4) is 0 Å². The van der Waals surface area contributed by atoms with E-state index in [1.165, 1.54) is 5.56 Å². The molecule has 0 amide bonds. The fourth-order valence-electron chi connectivity index (χ4n) is 4.82. The first kappa shape index (κ1) is 23.8. The molecule has 4 rings (SSSR count). The molecule has 3 aromatic rings. The Bertz CT molecular complexity index is 1060. The number of hydrogen-bond donors (Lipinski definition) is 2. The Balaban J connectivity index is 1.68. The average molecular weight is 447 g/mol. The normalized spacial score (nSPS) is 15.7. The van der Waals surface area contributed by atoms with Gasteiger partial charge in [0.25, 0.3) is 0 Å². The molecule has 0 bridgehead atoms. The summed E-state index contributed by atoms with van der Waals surface area (Å²) in [4.78, 5) is 12.0. The molecule has 1 aliphatic rings. The number of hydrogen-bond acceptors (Lipinski definition) is 7. The molecule has 172 valence electrons. The maximum Gasteiger partial charge on any atom is 0.372 e. The highest BCUT2D eigenvalue weighted by molar-refractivity contribution is 6.63. The lowest BCUT2D eigenvalue weighted by Gasteiger charge is -2.36. The van der Waals surface area contributed by atoms with E-state index in [9.17, 15) is 10.0 Å². The van der Waals surface area contributed by atoms with E-state index in [2.05, 4.69) is 11.0 Å². The summed E-state index contributed by atoms with van der Waals surface area (Å²) in [5, 5.41) is 20.3. The van der Waals surface area contributed by atoms with Gasteiger partial charge in [-0.3, -0.25) is 9.88 Å². The van der Waals surface area contributed by atoms with Crippen molar-refractivity contribution in [1.82, 2.24) is 24.3 Å². The van der Waals surface area contributed by atoms with E-state index in [0.717, 1.165) is 41.8 Å². The van der Waals surface area contributed by atoms with Crippen molar-refractivity contribution in [2.45, 2.75) is 52.3 Å². The maximum absolute atomic E-state index is 10.2. The second kappa shape index (κ2) is 10.7. The molecule has 2 N–H and O–H groups in total. The zero-order valence-electron chi connectivity index (χ0n) is 19.8. The van der Waals surface area contributed by atoms with Gasteiger partial charge in [0.2, 0.25) is 0 Å². The standard InChI is InChI=1S/C22H32B3N5O3/c1-23-33-30-19-11-5-4-10-18(19)27-21(30)16-28(14-15-29(24(2)31)25(3)32)20-12-6-8-17-9-7-13-26-22(17)20/h4-5,7,9-11,13,20,23,31-32H,6,8,12,14-16H2,1-3H3.